The van der Waals surface area contributed by atoms with Crippen LogP contribution in [0.1, 0.15) is 38.5 Å². The number of amides is 2. The number of piperidine rings is 2. The molecule has 14 heavy (non-hydrogen) atoms. The first kappa shape index (κ1) is 9.49. The third-order valence-electron chi connectivity index (χ3n) is 3.02. The maximum Gasteiger partial charge on any atom is 0.220 e. The summed E-state index contributed by atoms with van der Waals surface area (Å²) in [5.74, 6) is 0.252. The average Bonchev–Trinajstić information content (AvgIpc) is 2.18. The first-order valence-corrected chi connectivity index (χ1v) is 5.34. The van der Waals surface area contributed by atoms with Gasteiger partial charge < -0.3 is 10.6 Å². The van der Waals surface area contributed by atoms with E-state index < -0.39 is 0 Å². The summed E-state index contributed by atoms with van der Waals surface area (Å²) < 4.78 is 0. The third kappa shape index (κ3) is 2.05. The van der Waals surface area contributed by atoms with E-state index in [1.807, 2.05) is 0 Å². The molecule has 0 aliphatic carbocycles. The second-order valence-electron chi connectivity index (χ2n) is 4.13. The first-order valence-electron chi connectivity index (χ1n) is 5.34. The van der Waals surface area contributed by atoms with Gasteiger partial charge in [-0.3, -0.25) is 9.59 Å². The summed E-state index contributed by atoms with van der Waals surface area (Å²) >= 11 is 0. The highest BCUT2D eigenvalue weighted by atomic mass is 16.2. The maximum atomic E-state index is 11.2. The summed E-state index contributed by atoms with van der Waals surface area (Å²) in [7, 11) is 0. The van der Waals surface area contributed by atoms with Crippen molar-refractivity contribution in [1.82, 2.24) is 10.6 Å². The lowest BCUT2D eigenvalue weighted by molar-refractivity contribution is -0.127. The maximum absolute atomic E-state index is 11.2. The molecule has 2 aliphatic rings. The van der Waals surface area contributed by atoms with Crippen LogP contribution in [-0.4, -0.2) is 23.9 Å². The van der Waals surface area contributed by atoms with Crippen molar-refractivity contribution in [1.29, 1.82) is 0 Å². The van der Waals surface area contributed by atoms with Crippen molar-refractivity contribution in [2.45, 2.75) is 50.6 Å². The van der Waals surface area contributed by atoms with Crippen LogP contribution >= 0.6 is 0 Å². The number of carbonyl (C=O) groups excluding carboxylic acids is 2. The fourth-order valence-electron chi connectivity index (χ4n) is 2.27. The highest BCUT2D eigenvalue weighted by molar-refractivity contribution is 5.78. The van der Waals surface area contributed by atoms with Gasteiger partial charge in [0.05, 0.1) is 0 Å². The Morgan fingerprint density at radius 1 is 0.857 bits per heavy atom. The molecule has 2 aliphatic heterocycles. The summed E-state index contributed by atoms with van der Waals surface area (Å²) in [6, 6.07) is 0.334. The van der Waals surface area contributed by atoms with Gasteiger partial charge in [-0.1, -0.05) is 0 Å². The Morgan fingerprint density at radius 2 is 1.29 bits per heavy atom. The van der Waals surface area contributed by atoms with Gasteiger partial charge in [-0.25, -0.2) is 0 Å². The Balaban J connectivity index is 1.92. The predicted molar refractivity (Wildman–Crippen MR) is 51.6 cm³/mol. The van der Waals surface area contributed by atoms with Crippen LogP contribution < -0.4 is 10.6 Å². The largest absolute Gasteiger partial charge is 0.351 e. The zero-order valence-corrected chi connectivity index (χ0v) is 8.21. The molecule has 0 aromatic heterocycles. The lowest BCUT2D eigenvalue weighted by Gasteiger charge is -2.33. The van der Waals surface area contributed by atoms with Gasteiger partial charge in [0.25, 0.3) is 0 Å². The SMILES string of the molecule is O=C1CCCC(C2CCCC(=O)N2)N1. The van der Waals surface area contributed by atoms with Gasteiger partial charge in [-0.15, -0.1) is 0 Å². The summed E-state index contributed by atoms with van der Waals surface area (Å²) in [6.07, 6.45) is 5.16. The molecule has 78 valence electrons. The number of rotatable bonds is 1. The molecule has 2 saturated heterocycles. The lowest BCUT2D eigenvalue weighted by Crippen LogP contribution is -2.54. The molecule has 2 rings (SSSR count). The Kier molecular flexibility index (Phi) is 2.70. The molecule has 2 N–H and O–H groups in total. The molecule has 0 spiro atoms. The van der Waals surface area contributed by atoms with Crippen molar-refractivity contribution in [3.05, 3.63) is 0 Å². The van der Waals surface area contributed by atoms with Crippen molar-refractivity contribution in [2.24, 2.45) is 0 Å². The summed E-state index contributed by atoms with van der Waals surface area (Å²) in [5, 5.41) is 5.91. The van der Waals surface area contributed by atoms with E-state index in [1.54, 1.807) is 0 Å². The smallest absolute Gasteiger partial charge is 0.220 e. The molecule has 4 nitrogen and oxygen atoms in total. The molecule has 0 saturated carbocycles. The van der Waals surface area contributed by atoms with E-state index in [9.17, 15) is 9.59 Å². The van der Waals surface area contributed by atoms with Crippen molar-refractivity contribution < 1.29 is 9.59 Å². The zero-order valence-electron chi connectivity index (χ0n) is 8.21. The molecule has 2 unspecified atom stereocenters. The van der Waals surface area contributed by atoms with E-state index in [1.165, 1.54) is 0 Å². The summed E-state index contributed by atoms with van der Waals surface area (Å²) in [4.78, 5) is 22.3. The first-order chi connectivity index (χ1) is 6.75. The van der Waals surface area contributed by atoms with Crippen LogP contribution in [-0.2, 0) is 9.59 Å². The number of nitrogens with one attached hydrogen (secondary N) is 2. The third-order valence-corrected chi connectivity index (χ3v) is 3.02. The predicted octanol–water partition coefficient (Wildman–Crippen LogP) is 0.324. The highest BCUT2D eigenvalue weighted by Crippen LogP contribution is 2.18. The van der Waals surface area contributed by atoms with Crippen LogP contribution in [0.15, 0.2) is 0 Å². The van der Waals surface area contributed by atoms with Crippen molar-refractivity contribution in [3.63, 3.8) is 0 Å². The van der Waals surface area contributed by atoms with E-state index in [2.05, 4.69) is 10.6 Å². The van der Waals surface area contributed by atoms with Gasteiger partial charge in [-0.2, -0.15) is 0 Å². The minimum absolute atomic E-state index is 0.126. The Bertz CT molecular complexity index is 227. The zero-order chi connectivity index (χ0) is 9.97. The lowest BCUT2D eigenvalue weighted by atomic mass is 9.91. The van der Waals surface area contributed by atoms with E-state index in [4.69, 9.17) is 0 Å². The molecular formula is C10H16N2O2. The molecule has 2 fully saturated rings. The van der Waals surface area contributed by atoms with Gasteiger partial charge in [-0.05, 0) is 25.7 Å². The highest BCUT2D eigenvalue weighted by Gasteiger charge is 2.29. The molecule has 0 aromatic rings. The number of hydrogen-bond donors (Lipinski definition) is 2. The van der Waals surface area contributed by atoms with Gasteiger partial charge in [0.15, 0.2) is 0 Å². The van der Waals surface area contributed by atoms with Crippen LogP contribution in [0.4, 0.5) is 0 Å². The average molecular weight is 196 g/mol. The van der Waals surface area contributed by atoms with Crippen molar-refractivity contribution in [3.8, 4) is 0 Å². The second kappa shape index (κ2) is 3.98. The molecular weight excluding hydrogens is 180 g/mol. The molecule has 0 radical (unpaired) electrons. The van der Waals surface area contributed by atoms with Gasteiger partial charge in [0, 0.05) is 24.9 Å². The standard InChI is InChI=1S/C10H16N2O2/c13-9-5-1-3-7(11-9)8-4-2-6-10(14)12-8/h7-8H,1-6H2,(H,11,13)(H,12,14). The van der Waals surface area contributed by atoms with E-state index >= 15 is 0 Å². The van der Waals surface area contributed by atoms with Crippen LogP contribution in [0.5, 0.6) is 0 Å². The van der Waals surface area contributed by atoms with Gasteiger partial charge in [0.1, 0.15) is 0 Å². The monoisotopic (exact) mass is 196 g/mol. The normalized spacial score (nSPS) is 33.4. The summed E-state index contributed by atoms with van der Waals surface area (Å²) in [6.45, 7) is 0. The van der Waals surface area contributed by atoms with Crippen molar-refractivity contribution in [2.75, 3.05) is 0 Å². The Morgan fingerprint density at radius 3 is 1.64 bits per heavy atom. The second-order valence-corrected chi connectivity index (χ2v) is 4.13. The topological polar surface area (TPSA) is 58.2 Å². The molecule has 4 heteroatoms. The van der Waals surface area contributed by atoms with Crippen LogP contribution in [0, 0.1) is 0 Å². The van der Waals surface area contributed by atoms with E-state index in [0.717, 1.165) is 25.7 Å². The van der Waals surface area contributed by atoms with Crippen LogP contribution in [0.25, 0.3) is 0 Å². The fraction of sp³-hybridized carbons (Fsp3) is 0.800. The Hall–Kier alpha value is -1.06. The van der Waals surface area contributed by atoms with Gasteiger partial charge in [0.2, 0.25) is 11.8 Å². The van der Waals surface area contributed by atoms with Crippen LogP contribution in [0.2, 0.25) is 0 Å². The van der Waals surface area contributed by atoms with E-state index in [0.29, 0.717) is 12.8 Å². The fourth-order valence-corrected chi connectivity index (χ4v) is 2.27. The quantitative estimate of drug-likeness (QED) is 0.634. The van der Waals surface area contributed by atoms with Gasteiger partial charge >= 0.3 is 0 Å². The van der Waals surface area contributed by atoms with Crippen molar-refractivity contribution >= 4 is 11.8 Å². The molecule has 0 bridgehead atoms. The molecule has 2 amide bonds. The number of hydrogen-bond acceptors (Lipinski definition) is 2. The van der Waals surface area contributed by atoms with E-state index in [-0.39, 0.29) is 23.9 Å². The minimum Gasteiger partial charge on any atom is -0.351 e. The minimum atomic E-state index is 0.126. The van der Waals surface area contributed by atoms with Crippen LogP contribution in [0.3, 0.4) is 0 Å². The number of carbonyl (C=O) groups is 2. The molecule has 2 atom stereocenters. The molecule has 0 aromatic carbocycles. The summed E-state index contributed by atoms with van der Waals surface area (Å²) in [5.41, 5.74) is 0. The molecule has 2 heterocycles. The Labute approximate surface area is 83.4 Å².